The predicted molar refractivity (Wildman–Crippen MR) is 65.7 cm³/mol. The number of hydrogen-bond donors (Lipinski definition) is 1. The molecule has 0 heterocycles. The third-order valence-corrected chi connectivity index (χ3v) is 2.38. The van der Waals surface area contributed by atoms with Gasteiger partial charge in [0, 0.05) is 11.5 Å². The van der Waals surface area contributed by atoms with Crippen LogP contribution in [-0.2, 0) is 4.79 Å². The second-order valence-electron chi connectivity index (χ2n) is 6.83. The normalized spacial score (nSPS) is 15.3. The van der Waals surface area contributed by atoms with Gasteiger partial charge in [0.15, 0.2) is 0 Å². The predicted octanol–water partition coefficient (Wildman–Crippen LogP) is 3.22. The quantitative estimate of drug-likeness (QED) is 0.749. The molecular weight excluding hydrogens is 186 g/mol. The molecule has 0 aliphatic rings. The Hall–Kier alpha value is -0.530. The summed E-state index contributed by atoms with van der Waals surface area (Å²) in [6, 6.07) is 0. The fourth-order valence-electron chi connectivity index (χ4n) is 2.14. The van der Waals surface area contributed by atoms with Gasteiger partial charge in [-0.2, -0.15) is 0 Å². The van der Waals surface area contributed by atoms with Crippen LogP contribution in [0.2, 0.25) is 0 Å². The SMILES string of the molecule is CC(C)[C@H](C(=O)NC(C)(C)C)C(C)(C)C. The minimum atomic E-state index is -0.143. The third-order valence-electron chi connectivity index (χ3n) is 2.38. The Bertz CT molecular complexity index is 218. The number of carbonyl (C=O) groups is 1. The van der Waals surface area contributed by atoms with E-state index >= 15 is 0 Å². The lowest BCUT2D eigenvalue weighted by Gasteiger charge is -2.35. The molecule has 0 unspecified atom stereocenters. The van der Waals surface area contributed by atoms with Crippen LogP contribution in [0, 0.1) is 17.3 Å². The van der Waals surface area contributed by atoms with Crippen LogP contribution in [0.5, 0.6) is 0 Å². The lowest BCUT2D eigenvalue weighted by atomic mass is 9.73. The maximum absolute atomic E-state index is 12.1. The molecule has 0 radical (unpaired) electrons. The van der Waals surface area contributed by atoms with Gasteiger partial charge >= 0.3 is 0 Å². The van der Waals surface area contributed by atoms with Gasteiger partial charge < -0.3 is 5.32 Å². The van der Waals surface area contributed by atoms with Crippen LogP contribution in [-0.4, -0.2) is 11.4 Å². The first-order valence-corrected chi connectivity index (χ1v) is 5.77. The summed E-state index contributed by atoms with van der Waals surface area (Å²) in [7, 11) is 0. The van der Waals surface area contributed by atoms with Gasteiger partial charge in [-0.05, 0) is 32.1 Å². The summed E-state index contributed by atoms with van der Waals surface area (Å²) >= 11 is 0. The Morgan fingerprint density at radius 2 is 1.40 bits per heavy atom. The lowest BCUT2D eigenvalue weighted by Crippen LogP contribution is -2.48. The highest BCUT2D eigenvalue weighted by atomic mass is 16.2. The Morgan fingerprint density at radius 3 is 1.60 bits per heavy atom. The summed E-state index contributed by atoms with van der Waals surface area (Å²) < 4.78 is 0. The summed E-state index contributed by atoms with van der Waals surface area (Å²) in [5.41, 5.74) is -0.126. The first-order chi connectivity index (χ1) is 6.45. The fraction of sp³-hybridized carbons (Fsp3) is 0.923. The van der Waals surface area contributed by atoms with Crippen LogP contribution in [0.4, 0.5) is 0 Å². The van der Waals surface area contributed by atoms with Crippen LogP contribution in [0.25, 0.3) is 0 Å². The fourth-order valence-corrected chi connectivity index (χ4v) is 2.14. The van der Waals surface area contributed by atoms with Gasteiger partial charge in [-0.3, -0.25) is 4.79 Å². The second kappa shape index (κ2) is 4.54. The third kappa shape index (κ3) is 5.19. The van der Waals surface area contributed by atoms with Crippen molar-refractivity contribution in [2.75, 3.05) is 0 Å². The highest BCUT2D eigenvalue weighted by Crippen LogP contribution is 2.32. The molecular formula is C13H27NO. The molecule has 90 valence electrons. The molecule has 0 fully saturated rings. The molecule has 0 bridgehead atoms. The molecule has 0 aromatic heterocycles. The number of hydrogen-bond acceptors (Lipinski definition) is 1. The van der Waals surface area contributed by atoms with Crippen molar-refractivity contribution in [3.8, 4) is 0 Å². The van der Waals surface area contributed by atoms with Gasteiger partial charge in [0.25, 0.3) is 0 Å². The van der Waals surface area contributed by atoms with Crippen molar-refractivity contribution in [2.24, 2.45) is 17.3 Å². The Kier molecular flexibility index (Phi) is 4.38. The van der Waals surface area contributed by atoms with Crippen LogP contribution in [0.15, 0.2) is 0 Å². The van der Waals surface area contributed by atoms with E-state index in [-0.39, 0.29) is 22.8 Å². The summed E-state index contributed by atoms with van der Waals surface area (Å²) in [6.07, 6.45) is 0. The molecule has 0 saturated heterocycles. The summed E-state index contributed by atoms with van der Waals surface area (Å²) in [4.78, 5) is 12.1. The minimum absolute atomic E-state index is 0.0174. The van der Waals surface area contributed by atoms with Crippen molar-refractivity contribution in [3.05, 3.63) is 0 Å². The molecule has 1 atom stereocenters. The number of nitrogens with one attached hydrogen (secondary N) is 1. The average molecular weight is 213 g/mol. The first kappa shape index (κ1) is 14.5. The van der Waals surface area contributed by atoms with Gasteiger partial charge in [-0.25, -0.2) is 0 Å². The van der Waals surface area contributed by atoms with Crippen LogP contribution >= 0.6 is 0 Å². The number of rotatable bonds is 2. The molecule has 0 aliphatic carbocycles. The van der Waals surface area contributed by atoms with Gasteiger partial charge in [0.2, 0.25) is 5.91 Å². The molecule has 0 saturated carbocycles. The molecule has 0 aliphatic heterocycles. The van der Waals surface area contributed by atoms with Gasteiger partial charge in [0.1, 0.15) is 0 Å². The van der Waals surface area contributed by atoms with Crippen molar-refractivity contribution < 1.29 is 4.79 Å². The van der Waals surface area contributed by atoms with E-state index in [4.69, 9.17) is 0 Å². The second-order valence-corrected chi connectivity index (χ2v) is 6.83. The maximum atomic E-state index is 12.1. The Balaban J connectivity index is 4.74. The zero-order valence-corrected chi connectivity index (χ0v) is 11.6. The highest BCUT2D eigenvalue weighted by Gasteiger charge is 2.35. The van der Waals surface area contributed by atoms with Gasteiger partial charge in [-0.15, -0.1) is 0 Å². The molecule has 0 rings (SSSR count). The van der Waals surface area contributed by atoms with E-state index < -0.39 is 0 Å². The molecule has 0 spiro atoms. The number of carbonyl (C=O) groups excluding carboxylic acids is 1. The average Bonchev–Trinajstić information content (AvgIpc) is 1.74. The molecule has 2 nitrogen and oxygen atoms in total. The summed E-state index contributed by atoms with van der Waals surface area (Å²) in [5, 5.41) is 3.07. The van der Waals surface area contributed by atoms with Gasteiger partial charge in [0.05, 0.1) is 0 Å². The van der Waals surface area contributed by atoms with E-state index in [2.05, 4.69) is 39.9 Å². The summed E-state index contributed by atoms with van der Waals surface area (Å²) in [6.45, 7) is 16.6. The monoisotopic (exact) mass is 213 g/mol. The number of amides is 1. The van der Waals surface area contributed by atoms with Crippen LogP contribution in [0.3, 0.4) is 0 Å². The largest absolute Gasteiger partial charge is 0.351 e. The topological polar surface area (TPSA) is 29.1 Å². The molecule has 15 heavy (non-hydrogen) atoms. The van der Waals surface area contributed by atoms with E-state index in [0.717, 1.165) is 0 Å². The van der Waals surface area contributed by atoms with E-state index in [9.17, 15) is 4.79 Å². The Labute approximate surface area is 94.8 Å². The van der Waals surface area contributed by atoms with E-state index in [1.54, 1.807) is 0 Å². The maximum Gasteiger partial charge on any atom is 0.224 e. The van der Waals surface area contributed by atoms with Crippen molar-refractivity contribution in [1.29, 1.82) is 0 Å². The lowest BCUT2D eigenvalue weighted by molar-refractivity contribution is -0.131. The van der Waals surface area contributed by atoms with Gasteiger partial charge in [-0.1, -0.05) is 34.6 Å². The first-order valence-electron chi connectivity index (χ1n) is 5.77. The van der Waals surface area contributed by atoms with E-state index in [0.29, 0.717) is 5.92 Å². The van der Waals surface area contributed by atoms with Crippen molar-refractivity contribution in [2.45, 2.75) is 60.9 Å². The smallest absolute Gasteiger partial charge is 0.224 e. The molecule has 2 heteroatoms. The summed E-state index contributed by atoms with van der Waals surface area (Å²) in [5.74, 6) is 0.606. The van der Waals surface area contributed by atoms with Crippen LogP contribution in [0.1, 0.15) is 55.4 Å². The molecule has 0 aromatic carbocycles. The molecule has 0 aromatic rings. The van der Waals surface area contributed by atoms with E-state index in [1.807, 2.05) is 20.8 Å². The van der Waals surface area contributed by atoms with Crippen LogP contribution < -0.4 is 5.32 Å². The minimum Gasteiger partial charge on any atom is -0.351 e. The Morgan fingerprint density at radius 1 is 1.00 bits per heavy atom. The van der Waals surface area contributed by atoms with E-state index in [1.165, 1.54) is 0 Å². The molecule has 1 N–H and O–H groups in total. The highest BCUT2D eigenvalue weighted by molar-refractivity contribution is 5.80. The van der Waals surface area contributed by atoms with Crippen molar-refractivity contribution in [1.82, 2.24) is 5.32 Å². The molecule has 1 amide bonds. The van der Waals surface area contributed by atoms with Crippen molar-refractivity contribution >= 4 is 5.91 Å². The van der Waals surface area contributed by atoms with Crippen molar-refractivity contribution in [3.63, 3.8) is 0 Å². The zero-order valence-electron chi connectivity index (χ0n) is 11.6. The zero-order chi connectivity index (χ0) is 12.4. The standard InChI is InChI=1S/C13H27NO/c1-9(2)10(12(3,4)5)11(15)14-13(6,7)8/h9-10H,1-8H3,(H,14,15)/t10-/m1/s1.